The summed E-state index contributed by atoms with van der Waals surface area (Å²) < 4.78 is 5.86. The van der Waals surface area contributed by atoms with Gasteiger partial charge >= 0.3 is 0 Å². The number of hydrogen-bond donors (Lipinski definition) is 2. The molecule has 2 unspecified atom stereocenters. The number of anilines is 1. The number of carbonyl (C=O) groups is 1. The maximum Gasteiger partial charge on any atom is 0.224 e. The largest absolute Gasteiger partial charge is 0.488 e. The summed E-state index contributed by atoms with van der Waals surface area (Å²) in [4.78, 5) is 16.0. The molecule has 2 atom stereocenters. The van der Waals surface area contributed by atoms with E-state index in [1.165, 1.54) is 0 Å². The van der Waals surface area contributed by atoms with Gasteiger partial charge in [0.15, 0.2) is 0 Å². The zero-order valence-electron chi connectivity index (χ0n) is 14.2. The fraction of sp³-hybridized carbons (Fsp3) is 0.400. The van der Waals surface area contributed by atoms with Gasteiger partial charge in [0.1, 0.15) is 11.9 Å². The van der Waals surface area contributed by atoms with Gasteiger partial charge in [-0.1, -0.05) is 6.42 Å². The van der Waals surface area contributed by atoms with Crippen molar-refractivity contribution in [3.63, 3.8) is 0 Å². The van der Waals surface area contributed by atoms with Gasteiger partial charge < -0.3 is 15.2 Å². The SMILES string of the molecule is O=C(CCc1ccncc1)Nc1ccc(OC2CCCCC2O)cc1. The molecule has 0 aliphatic heterocycles. The summed E-state index contributed by atoms with van der Waals surface area (Å²) in [5.74, 6) is 0.703. The number of aromatic nitrogens is 1. The number of rotatable bonds is 6. The van der Waals surface area contributed by atoms with E-state index in [9.17, 15) is 9.90 Å². The molecular formula is C20H24N2O3. The third-order valence-corrected chi connectivity index (χ3v) is 4.48. The number of aliphatic hydroxyl groups is 1. The molecule has 0 radical (unpaired) electrons. The number of ether oxygens (including phenoxy) is 1. The van der Waals surface area contributed by atoms with Gasteiger partial charge in [0, 0.05) is 24.5 Å². The number of nitrogens with one attached hydrogen (secondary N) is 1. The number of hydrogen-bond acceptors (Lipinski definition) is 4. The lowest BCUT2D eigenvalue weighted by atomic mass is 9.95. The first kappa shape index (κ1) is 17.4. The first-order chi connectivity index (χ1) is 12.2. The lowest BCUT2D eigenvalue weighted by molar-refractivity contribution is -0.116. The van der Waals surface area contributed by atoms with Gasteiger partial charge in [0.2, 0.25) is 5.91 Å². The Morgan fingerprint density at radius 1 is 1.12 bits per heavy atom. The van der Waals surface area contributed by atoms with Crippen molar-refractivity contribution in [3.8, 4) is 5.75 Å². The van der Waals surface area contributed by atoms with Gasteiger partial charge in [-0.2, -0.15) is 0 Å². The molecule has 1 aliphatic rings. The Hall–Kier alpha value is -2.40. The minimum Gasteiger partial charge on any atom is -0.488 e. The van der Waals surface area contributed by atoms with E-state index in [0.717, 1.165) is 42.7 Å². The molecule has 1 fully saturated rings. The normalized spacial score (nSPS) is 20.0. The van der Waals surface area contributed by atoms with Crippen LogP contribution in [0.5, 0.6) is 5.75 Å². The topological polar surface area (TPSA) is 71.5 Å². The Bertz CT molecular complexity index is 673. The number of aryl methyl sites for hydroxylation is 1. The molecule has 3 rings (SSSR count). The van der Waals surface area contributed by atoms with E-state index in [1.54, 1.807) is 12.4 Å². The summed E-state index contributed by atoms with van der Waals surface area (Å²) in [6, 6.07) is 11.2. The summed E-state index contributed by atoms with van der Waals surface area (Å²) >= 11 is 0. The summed E-state index contributed by atoms with van der Waals surface area (Å²) in [7, 11) is 0. The molecule has 132 valence electrons. The Morgan fingerprint density at radius 3 is 2.56 bits per heavy atom. The van der Waals surface area contributed by atoms with Gasteiger partial charge in [-0.3, -0.25) is 9.78 Å². The van der Waals surface area contributed by atoms with E-state index in [4.69, 9.17) is 4.74 Å². The summed E-state index contributed by atoms with van der Waals surface area (Å²) in [6.45, 7) is 0. The first-order valence-electron chi connectivity index (χ1n) is 8.84. The van der Waals surface area contributed by atoms with Crippen molar-refractivity contribution in [2.24, 2.45) is 0 Å². The molecule has 1 aromatic heterocycles. The molecule has 1 amide bonds. The number of amides is 1. The number of aliphatic hydroxyl groups excluding tert-OH is 1. The van der Waals surface area contributed by atoms with Crippen LogP contribution in [0.1, 0.15) is 37.7 Å². The molecule has 0 spiro atoms. The standard InChI is InChI=1S/C20H24N2O3/c23-18-3-1-2-4-19(18)25-17-8-6-16(7-9-17)22-20(24)10-5-15-11-13-21-14-12-15/h6-9,11-14,18-19,23H,1-5,10H2,(H,22,24). The molecule has 25 heavy (non-hydrogen) atoms. The highest BCUT2D eigenvalue weighted by atomic mass is 16.5. The van der Waals surface area contributed by atoms with E-state index < -0.39 is 0 Å². The van der Waals surface area contributed by atoms with Gasteiger partial charge in [0.25, 0.3) is 0 Å². The van der Waals surface area contributed by atoms with Gasteiger partial charge in [-0.15, -0.1) is 0 Å². The zero-order chi connectivity index (χ0) is 17.5. The Balaban J connectivity index is 1.47. The predicted molar refractivity (Wildman–Crippen MR) is 96.5 cm³/mol. The van der Waals surface area contributed by atoms with Crippen molar-refractivity contribution in [3.05, 3.63) is 54.4 Å². The van der Waals surface area contributed by atoms with Crippen LogP contribution >= 0.6 is 0 Å². The van der Waals surface area contributed by atoms with Crippen LogP contribution in [0.3, 0.4) is 0 Å². The van der Waals surface area contributed by atoms with Crippen LogP contribution in [0.2, 0.25) is 0 Å². The van der Waals surface area contributed by atoms with Crippen molar-refractivity contribution in [1.29, 1.82) is 0 Å². The molecule has 1 aromatic carbocycles. The molecule has 1 aliphatic carbocycles. The fourth-order valence-electron chi connectivity index (χ4n) is 3.04. The van der Waals surface area contributed by atoms with Crippen LogP contribution in [0.4, 0.5) is 5.69 Å². The van der Waals surface area contributed by atoms with E-state index in [1.807, 2.05) is 36.4 Å². The minimum absolute atomic E-state index is 0.0202. The summed E-state index contributed by atoms with van der Waals surface area (Å²) in [5.41, 5.74) is 1.84. The molecule has 2 aromatic rings. The van der Waals surface area contributed by atoms with Crippen LogP contribution in [-0.4, -0.2) is 28.2 Å². The minimum atomic E-state index is -0.388. The molecule has 0 bridgehead atoms. The fourth-order valence-corrected chi connectivity index (χ4v) is 3.04. The number of benzene rings is 1. The Morgan fingerprint density at radius 2 is 1.84 bits per heavy atom. The molecule has 5 nitrogen and oxygen atoms in total. The third kappa shape index (κ3) is 5.29. The van der Waals surface area contributed by atoms with E-state index in [0.29, 0.717) is 12.8 Å². The van der Waals surface area contributed by atoms with Crippen molar-refractivity contribution in [2.45, 2.75) is 50.7 Å². The molecule has 0 saturated heterocycles. The average Bonchev–Trinajstić information content (AvgIpc) is 2.64. The second-order valence-corrected chi connectivity index (χ2v) is 6.44. The predicted octanol–water partition coefficient (Wildman–Crippen LogP) is 3.34. The number of pyridine rings is 1. The van der Waals surface area contributed by atoms with Crippen molar-refractivity contribution < 1.29 is 14.6 Å². The molecular weight excluding hydrogens is 316 g/mol. The smallest absolute Gasteiger partial charge is 0.224 e. The maximum absolute atomic E-state index is 12.0. The van der Waals surface area contributed by atoms with Gasteiger partial charge in [0.05, 0.1) is 6.10 Å². The third-order valence-electron chi connectivity index (χ3n) is 4.48. The van der Waals surface area contributed by atoms with E-state index in [-0.39, 0.29) is 18.1 Å². The number of carbonyl (C=O) groups excluding carboxylic acids is 1. The van der Waals surface area contributed by atoms with Crippen molar-refractivity contribution >= 4 is 11.6 Å². The van der Waals surface area contributed by atoms with Crippen LogP contribution in [-0.2, 0) is 11.2 Å². The quantitative estimate of drug-likeness (QED) is 0.846. The second kappa shape index (κ2) is 8.62. The molecule has 2 N–H and O–H groups in total. The maximum atomic E-state index is 12.0. The second-order valence-electron chi connectivity index (χ2n) is 6.44. The van der Waals surface area contributed by atoms with Crippen LogP contribution < -0.4 is 10.1 Å². The molecule has 5 heteroatoms. The van der Waals surface area contributed by atoms with Crippen LogP contribution in [0.25, 0.3) is 0 Å². The van der Waals surface area contributed by atoms with Crippen LogP contribution in [0, 0.1) is 0 Å². The van der Waals surface area contributed by atoms with Gasteiger partial charge in [-0.25, -0.2) is 0 Å². The monoisotopic (exact) mass is 340 g/mol. The van der Waals surface area contributed by atoms with E-state index >= 15 is 0 Å². The van der Waals surface area contributed by atoms with Crippen molar-refractivity contribution in [1.82, 2.24) is 4.98 Å². The highest BCUT2D eigenvalue weighted by Gasteiger charge is 2.24. The average molecular weight is 340 g/mol. The Kier molecular flexibility index (Phi) is 6.01. The molecule has 1 saturated carbocycles. The van der Waals surface area contributed by atoms with Crippen LogP contribution in [0.15, 0.2) is 48.8 Å². The summed E-state index contributed by atoms with van der Waals surface area (Å²) in [5, 5.41) is 12.9. The zero-order valence-corrected chi connectivity index (χ0v) is 14.2. The molecule has 1 heterocycles. The highest BCUT2D eigenvalue weighted by molar-refractivity contribution is 5.90. The van der Waals surface area contributed by atoms with Crippen molar-refractivity contribution in [2.75, 3.05) is 5.32 Å². The lowest BCUT2D eigenvalue weighted by Gasteiger charge is -2.28. The van der Waals surface area contributed by atoms with Gasteiger partial charge in [-0.05, 0) is 67.6 Å². The lowest BCUT2D eigenvalue weighted by Crippen LogP contribution is -2.34. The first-order valence-corrected chi connectivity index (χ1v) is 8.84. The Labute approximate surface area is 148 Å². The highest BCUT2D eigenvalue weighted by Crippen LogP contribution is 2.25. The number of nitrogens with zero attached hydrogens (tertiary/aromatic N) is 1. The van der Waals surface area contributed by atoms with E-state index in [2.05, 4.69) is 10.3 Å². The summed E-state index contributed by atoms with van der Waals surface area (Å²) in [6.07, 6.45) is 7.90.